The van der Waals surface area contributed by atoms with Crippen LogP contribution in [0.15, 0.2) is 23.3 Å². The van der Waals surface area contributed by atoms with E-state index in [1.54, 1.807) is 0 Å². The molecule has 146 valence electrons. The summed E-state index contributed by atoms with van der Waals surface area (Å²) in [5.74, 6) is -0.604. The minimum absolute atomic E-state index is 0.302. The summed E-state index contributed by atoms with van der Waals surface area (Å²) in [7, 11) is 0. The Balaban J connectivity index is 1.71. The molecule has 2 aliphatic heterocycles. The molecule has 2 rings (SSSR count). The van der Waals surface area contributed by atoms with Crippen molar-refractivity contribution in [1.29, 1.82) is 0 Å². The highest BCUT2D eigenvalue weighted by molar-refractivity contribution is 5.91. The molecule has 0 amide bonds. The largest absolute Gasteiger partial charge is 0.432 e. The lowest BCUT2D eigenvalue weighted by Gasteiger charge is -2.08. The Hall–Kier alpha value is -1.66. The fourth-order valence-corrected chi connectivity index (χ4v) is 2.75. The first kappa shape index (κ1) is 20.6. The van der Waals surface area contributed by atoms with Gasteiger partial charge in [-0.15, -0.1) is 0 Å². The van der Waals surface area contributed by atoms with Crippen LogP contribution in [0.1, 0.15) is 65.2 Å². The second kappa shape index (κ2) is 11.1. The van der Waals surface area contributed by atoms with Gasteiger partial charge in [-0.3, -0.25) is 0 Å². The van der Waals surface area contributed by atoms with Crippen molar-refractivity contribution in [2.75, 3.05) is 13.2 Å². The van der Waals surface area contributed by atoms with Crippen LogP contribution in [-0.4, -0.2) is 37.7 Å². The summed E-state index contributed by atoms with van der Waals surface area (Å²) in [6, 6.07) is 0. The second-order valence-corrected chi connectivity index (χ2v) is 6.56. The maximum atomic E-state index is 11.8. The van der Waals surface area contributed by atoms with Crippen LogP contribution in [0.3, 0.4) is 0 Å². The minimum atomic E-state index is -0.454. The van der Waals surface area contributed by atoms with Gasteiger partial charge in [-0.25, -0.2) is 9.59 Å². The number of cyclic esters (lactones) is 2. The third-order valence-electron chi connectivity index (χ3n) is 4.33. The van der Waals surface area contributed by atoms with E-state index in [0.29, 0.717) is 50.0 Å². The van der Waals surface area contributed by atoms with E-state index in [1.807, 2.05) is 12.2 Å². The highest BCUT2D eigenvalue weighted by Crippen LogP contribution is 2.24. The second-order valence-electron chi connectivity index (χ2n) is 6.56. The first-order valence-corrected chi connectivity index (χ1v) is 9.67. The van der Waals surface area contributed by atoms with Crippen LogP contribution < -0.4 is 0 Å². The van der Waals surface area contributed by atoms with Gasteiger partial charge >= 0.3 is 11.9 Å². The van der Waals surface area contributed by atoms with Crippen LogP contribution in [0, 0.1) is 0 Å². The van der Waals surface area contributed by atoms with Gasteiger partial charge < -0.3 is 18.9 Å². The predicted molar refractivity (Wildman–Crippen MR) is 96.1 cm³/mol. The summed E-state index contributed by atoms with van der Waals surface area (Å²) in [5, 5.41) is 0. The van der Waals surface area contributed by atoms with E-state index in [-0.39, 0.29) is 11.9 Å². The molecule has 0 aromatic rings. The molecule has 2 atom stereocenters. The summed E-state index contributed by atoms with van der Waals surface area (Å²) < 4.78 is 21.4. The number of esters is 2. The number of ether oxygens (including phenoxy) is 4. The van der Waals surface area contributed by atoms with Crippen LogP contribution in [0.2, 0.25) is 0 Å². The molecular weight excluding hydrogens is 336 g/mol. The fourth-order valence-electron chi connectivity index (χ4n) is 2.75. The molecule has 0 saturated carbocycles. The Kier molecular flexibility index (Phi) is 8.85. The minimum Gasteiger partial charge on any atom is -0.432 e. The topological polar surface area (TPSA) is 71.1 Å². The number of hydrogen-bond donors (Lipinski definition) is 0. The molecular formula is C20H30O6. The summed E-state index contributed by atoms with van der Waals surface area (Å²) >= 11 is 0. The molecule has 2 unspecified atom stereocenters. The van der Waals surface area contributed by atoms with E-state index in [2.05, 4.69) is 13.8 Å². The first-order valence-electron chi connectivity index (χ1n) is 9.67. The summed E-state index contributed by atoms with van der Waals surface area (Å²) in [5.41, 5.74) is 1.30. The summed E-state index contributed by atoms with van der Waals surface area (Å²) in [4.78, 5) is 23.6. The van der Waals surface area contributed by atoms with Crippen LogP contribution in [0.25, 0.3) is 0 Å². The van der Waals surface area contributed by atoms with E-state index in [1.165, 1.54) is 0 Å². The van der Waals surface area contributed by atoms with E-state index in [9.17, 15) is 9.59 Å². The number of rotatable bonds is 11. The van der Waals surface area contributed by atoms with E-state index < -0.39 is 12.6 Å². The van der Waals surface area contributed by atoms with E-state index in [4.69, 9.17) is 18.9 Å². The Morgan fingerprint density at radius 3 is 1.65 bits per heavy atom. The number of hydrogen-bond acceptors (Lipinski definition) is 6. The first-order chi connectivity index (χ1) is 12.6. The highest BCUT2D eigenvalue weighted by Gasteiger charge is 2.30. The SMILES string of the molecule is CCCCOC1C/C(=C/CC/C=C2\CC(OCCCC)OC2=O)C(=O)O1. The molecule has 2 aliphatic rings. The van der Waals surface area contributed by atoms with E-state index >= 15 is 0 Å². The molecule has 0 bridgehead atoms. The van der Waals surface area contributed by atoms with Gasteiger partial charge in [0.25, 0.3) is 0 Å². The zero-order valence-electron chi connectivity index (χ0n) is 15.8. The predicted octanol–water partition coefficient (Wildman–Crippen LogP) is 3.80. The molecule has 0 spiro atoms. The zero-order valence-corrected chi connectivity index (χ0v) is 15.8. The van der Waals surface area contributed by atoms with Crippen molar-refractivity contribution in [1.82, 2.24) is 0 Å². The lowest BCUT2D eigenvalue weighted by atomic mass is 10.1. The average Bonchev–Trinajstić information content (AvgIpc) is 3.14. The molecule has 0 aromatic heterocycles. The maximum absolute atomic E-state index is 11.8. The zero-order chi connectivity index (χ0) is 18.8. The molecule has 2 heterocycles. The fraction of sp³-hybridized carbons (Fsp3) is 0.700. The number of carbonyl (C=O) groups excluding carboxylic acids is 2. The number of allylic oxidation sites excluding steroid dienone is 2. The van der Waals surface area contributed by atoms with Crippen molar-refractivity contribution in [3.63, 3.8) is 0 Å². The van der Waals surface area contributed by atoms with Gasteiger partial charge in [-0.05, 0) is 25.7 Å². The standard InChI is InChI=1S/C20H30O6/c1-3-5-11-23-17-13-15(19(21)25-17)9-7-8-10-16-14-18(26-20(16)22)24-12-6-4-2/h9-10,17-18H,3-8,11-14H2,1-2H3/b15-9-,16-10+. The quantitative estimate of drug-likeness (QED) is 0.315. The van der Waals surface area contributed by atoms with Crippen molar-refractivity contribution in [2.45, 2.75) is 77.8 Å². The van der Waals surface area contributed by atoms with Crippen LogP contribution in [0.4, 0.5) is 0 Å². The van der Waals surface area contributed by atoms with Gasteiger partial charge in [0, 0.05) is 24.0 Å². The Morgan fingerprint density at radius 1 is 0.846 bits per heavy atom. The third-order valence-corrected chi connectivity index (χ3v) is 4.33. The molecule has 0 aromatic carbocycles. The normalized spacial score (nSPS) is 25.9. The Labute approximate surface area is 155 Å². The van der Waals surface area contributed by atoms with Gasteiger partial charge in [0.2, 0.25) is 12.6 Å². The van der Waals surface area contributed by atoms with Crippen molar-refractivity contribution in [2.24, 2.45) is 0 Å². The van der Waals surface area contributed by atoms with Crippen molar-refractivity contribution >= 4 is 11.9 Å². The average molecular weight is 366 g/mol. The van der Waals surface area contributed by atoms with E-state index in [0.717, 1.165) is 25.7 Å². The molecule has 0 radical (unpaired) electrons. The molecule has 6 heteroatoms. The number of carbonyl (C=O) groups is 2. The highest BCUT2D eigenvalue weighted by atomic mass is 16.7. The summed E-state index contributed by atoms with van der Waals surface area (Å²) in [6.45, 7) is 5.39. The smallest absolute Gasteiger partial charge is 0.336 e. The monoisotopic (exact) mass is 366 g/mol. The van der Waals surface area contributed by atoms with Crippen LogP contribution >= 0.6 is 0 Å². The van der Waals surface area contributed by atoms with Crippen LogP contribution in [-0.2, 0) is 28.5 Å². The Morgan fingerprint density at radius 2 is 1.27 bits per heavy atom. The third kappa shape index (κ3) is 6.57. The number of unbranched alkanes of at least 4 members (excludes halogenated alkanes) is 3. The molecule has 0 aliphatic carbocycles. The van der Waals surface area contributed by atoms with Crippen molar-refractivity contribution in [3.8, 4) is 0 Å². The molecule has 2 fully saturated rings. The summed E-state index contributed by atoms with van der Waals surface area (Å²) in [6.07, 6.45) is 9.18. The molecule has 0 N–H and O–H groups in total. The van der Waals surface area contributed by atoms with Gasteiger partial charge in [0.1, 0.15) is 0 Å². The lowest BCUT2D eigenvalue weighted by molar-refractivity contribution is -0.162. The van der Waals surface area contributed by atoms with Crippen molar-refractivity contribution in [3.05, 3.63) is 23.3 Å². The van der Waals surface area contributed by atoms with Crippen LogP contribution in [0.5, 0.6) is 0 Å². The Bertz CT molecular complexity index is 488. The van der Waals surface area contributed by atoms with Gasteiger partial charge in [0.05, 0.1) is 13.2 Å². The molecule has 2 saturated heterocycles. The van der Waals surface area contributed by atoms with Crippen molar-refractivity contribution < 1.29 is 28.5 Å². The molecule has 6 nitrogen and oxygen atoms in total. The van der Waals surface area contributed by atoms with Gasteiger partial charge in [-0.1, -0.05) is 38.8 Å². The van der Waals surface area contributed by atoms with Gasteiger partial charge in [-0.2, -0.15) is 0 Å². The maximum Gasteiger partial charge on any atom is 0.336 e. The molecule has 26 heavy (non-hydrogen) atoms. The van der Waals surface area contributed by atoms with Gasteiger partial charge in [0.15, 0.2) is 0 Å². The lowest BCUT2D eigenvalue weighted by Crippen LogP contribution is -2.12.